The fourth-order valence-corrected chi connectivity index (χ4v) is 1.31. The van der Waals surface area contributed by atoms with Crippen LogP contribution >= 0.6 is 0 Å². The number of hydrogen-bond donors (Lipinski definition) is 0. The molecule has 0 saturated heterocycles. The van der Waals surface area contributed by atoms with E-state index >= 15 is 0 Å². The van der Waals surface area contributed by atoms with E-state index in [9.17, 15) is 4.79 Å². The van der Waals surface area contributed by atoms with Crippen LogP contribution in [0.25, 0.3) is 0 Å². The number of carbonyl (C=O) groups is 1. The number of ketones is 1. The van der Waals surface area contributed by atoms with Gasteiger partial charge >= 0.3 is 0 Å². The fourth-order valence-electron chi connectivity index (χ4n) is 1.31. The minimum atomic E-state index is 0.288. The Morgan fingerprint density at radius 2 is 1.71 bits per heavy atom. The molecule has 0 spiro atoms. The topological polar surface area (TPSA) is 23.6 Å². The van der Waals surface area contributed by atoms with Gasteiger partial charge in [-0.3, -0.25) is 4.79 Å². The highest BCUT2D eigenvalue weighted by Crippen LogP contribution is 1.95. The molecule has 0 bridgehead atoms. The zero-order valence-corrected chi connectivity index (χ0v) is 10.0. The molecular weight excluding hydrogens is 176 g/mol. The Bertz CT molecular complexity index is 157. The number of Topliss-reactive ketones (excluding diaryl/α,β-unsaturated/α-hetero) is 1. The Kier molecular flexibility index (Phi) is 7.71. The van der Waals surface area contributed by atoms with Gasteiger partial charge in [-0.2, -0.15) is 0 Å². The molecule has 0 heterocycles. The number of likely N-dealkylation sites (N-methyl/N-ethyl adjacent to an activating group) is 1. The largest absolute Gasteiger partial charge is 0.308 e. The molecule has 0 aromatic carbocycles. The smallest absolute Gasteiger partial charge is 0.131 e. The third-order valence-electron chi connectivity index (χ3n) is 2.18. The first kappa shape index (κ1) is 13.6. The summed E-state index contributed by atoms with van der Waals surface area (Å²) in [6, 6.07) is 0. The lowest BCUT2D eigenvalue weighted by Gasteiger charge is -2.22. The predicted octanol–water partition coefficient (Wildman–Crippen LogP) is 1.24. The maximum absolute atomic E-state index is 10.9. The van der Waals surface area contributed by atoms with Crippen molar-refractivity contribution in [1.29, 1.82) is 0 Å². The van der Waals surface area contributed by atoms with E-state index in [1.807, 2.05) is 0 Å². The Hall–Kier alpha value is -0.410. The second kappa shape index (κ2) is 7.94. The third kappa shape index (κ3) is 8.20. The lowest BCUT2D eigenvalue weighted by molar-refractivity contribution is -0.117. The number of hydrogen-bond acceptors (Lipinski definition) is 3. The van der Waals surface area contributed by atoms with Crippen LogP contribution < -0.4 is 0 Å². The van der Waals surface area contributed by atoms with E-state index in [2.05, 4.69) is 30.8 Å². The maximum Gasteiger partial charge on any atom is 0.131 e. The van der Waals surface area contributed by atoms with E-state index in [-0.39, 0.29) is 5.78 Å². The first-order valence-corrected chi connectivity index (χ1v) is 5.42. The molecule has 0 aromatic heterocycles. The van der Waals surface area contributed by atoms with Crippen molar-refractivity contribution in [1.82, 2.24) is 9.80 Å². The van der Waals surface area contributed by atoms with E-state index in [1.165, 1.54) is 0 Å². The second-order valence-electron chi connectivity index (χ2n) is 4.10. The van der Waals surface area contributed by atoms with Gasteiger partial charge in [-0.1, -0.05) is 6.92 Å². The summed E-state index contributed by atoms with van der Waals surface area (Å²) < 4.78 is 0. The average Bonchev–Trinajstić information content (AvgIpc) is 2.09. The zero-order chi connectivity index (χ0) is 11.0. The highest BCUT2D eigenvalue weighted by Gasteiger charge is 2.05. The van der Waals surface area contributed by atoms with Gasteiger partial charge in [0.1, 0.15) is 5.78 Å². The normalized spacial score (nSPS) is 11.3. The molecule has 0 aliphatic heterocycles. The number of carbonyl (C=O) groups excluding carboxylic acids is 1. The zero-order valence-electron chi connectivity index (χ0n) is 10.0. The second-order valence-corrected chi connectivity index (χ2v) is 4.10. The SMILES string of the molecule is CCCN(CCC(C)=O)CCN(C)C. The lowest BCUT2D eigenvalue weighted by atomic mass is 10.3. The molecule has 0 aromatic rings. The van der Waals surface area contributed by atoms with Gasteiger partial charge in [0.05, 0.1) is 0 Å². The summed E-state index contributed by atoms with van der Waals surface area (Å²) in [5.74, 6) is 0.288. The molecule has 0 atom stereocenters. The summed E-state index contributed by atoms with van der Waals surface area (Å²) in [6.45, 7) is 7.98. The molecule has 0 amide bonds. The predicted molar refractivity (Wildman–Crippen MR) is 60.6 cm³/mol. The van der Waals surface area contributed by atoms with Crippen molar-refractivity contribution in [2.24, 2.45) is 0 Å². The van der Waals surface area contributed by atoms with Gasteiger partial charge in [-0.25, -0.2) is 0 Å². The molecule has 0 aliphatic rings. The van der Waals surface area contributed by atoms with Crippen molar-refractivity contribution in [3.63, 3.8) is 0 Å². The number of rotatable bonds is 8. The molecule has 0 radical (unpaired) electrons. The molecule has 14 heavy (non-hydrogen) atoms. The summed E-state index contributed by atoms with van der Waals surface area (Å²) in [6.07, 6.45) is 1.85. The van der Waals surface area contributed by atoms with Gasteiger partial charge in [0.2, 0.25) is 0 Å². The van der Waals surface area contributed by atoms with E-state index in [0.717, 1.165) is 32.6 Å². The monoisotopic (exact) mass is 200 g/mol. The minimum absolute atomic E-state index is 0.288. The van der Waals surface area contributed by atoms with E-state index in [1.54, 1.807) is 6.92 Å². The average molecular weight is 200 g/mol. The highest BCUT2D eigenvalue weighted by atomic mass is 16.1. The fraction of sp³-hybridized carbons (Fsp3) is 0.909. The van der Waals surface area contributed by atoms with Crippen LogP contribution in [0.4, 0.5) is 0 Å². The van der Waals surface area contributed by atoms with Crippen LogP contribution in [-0.2, 0) is 4.79 Å². The van der Waals surface area contributed by atoms with Crippen molar-refractivity contribution in [3.05, 3.63) is 0 Å². The minimum Gasteiger partial charge on any atom is -0.308 e. The molecule has 84 valence electrons. The molecule has 0 unspecified atom stereocenters. The third-order valence-corrected chi connectivity index (χ3v) is 2.18. The Morgan fingerprint density at radius 3 is 2.14 bits per heavy atom. The molecule has 0 fully saturated rings. The number of nitrogens with zero attached hydrogens (tertiary/aromatic N) is 2. The Balaban J connectivity index is 3.70. The van der Waals surface area contributed by atoms with Crippen molar-refractivity contribution in [2.45, 2.75) is 26.7 Å². The molecule has 0 N–H and O–H groups in total. The molecule has 0 saturated carbocycles. The summed E-state index contributed by atoms with van der Waals surface area (Å²) in [4.78, 5) is 15.4. The van der Waals surface area contributed by atoms with Gasteiger partial charge in [0.15, 0.2) is 0 Å². The Labute approximate surface area is 88.1 Å². The molecule has 0 rings (SSSR count). The van der Waals surface area contributed by atoms with Gasteiger partial charge in [0.25, 0.3) is 0 Å². The maximum atomic E-state index is 10.9. The van der Waals surface area contributed by atoms with Crippen molar-refractivity contribution in [3.8, 4) is 0 Å². The van der Waals surface area contributed by atoms with Crippen LogP contribution in [0, 0.1) is 0 Å². The van der Waals surface area contributed by atoms with Gasteiger partial charge in [-0.15, -0.1) is 0 Å². The standard InChI is InChI=1S/C11H24N2O/c1-5-7-13(8-6-11(2)14)10-9-12(3)4/h5-10H2,1-4H3. The van der Waals surface area contributed by atoms with E-state index in [0.29, 0.717) is 6.42 Å². The summed E-state index contributed by atoms with van der Waals surface area (Å²) >= 11 is 0. The molecule has 0 aliphatic carbocycles. The van der Waals surface area contributed by atoms with Gasteiger partial charge in [0, 0.05) is 26.1 Å². The van der Waals surface area contributed by atoms with Gasteiger partial charge < -0.3 is 9.80 Å². The lowest BCUT2D eigenvalue weighted by Crippen LogP contribution is -2.33. The van der Waals surface area contributed by atoms with Crippen molar-refractivity contribution >= 4 is 5.78 Å². The Morgan fingerprint density at radius 1 is 1.07 bits per heavy atom. The van der Waals surface area contributed by atoms with Crippen molar-refractivity contribution in [2.75, 3.05) is 40.3 Å². The summed E-state index contributed by atoms with van der Waals surface area (Å²) in [5, 5.41) is 0. The van der Waals surface area contributed by atoms with Crippen LogP contribution in [0.1, 0.15) is 26.7 Å². The van der Waals surface area contributed by atoms with Gasteiger partial charge in [-0.05, 0) is 34.0 Å². The van der Waals surface area contributed by atoms with E-state index < -0.39 is 0 Å². The van der Waals surface area contributed by atoms with E-state index in [4.69, 9.17) is 0 Å². The molecule has 3 nitrogen and oxygen atoms in total. The molecular formula is C11H24N2O. The first-order chi connectivity index (χ1) is 6.56. The summed E-state index contributed by atoms with van der Waals surface area (Å²) in [5.41, 5.74) is 0. The highest BCUT2D eigenvalue weighted by molar-refractivity contribution is 5.75. The molecule has 3 heteroatoms. The quantitative estimate of drug-likeness (QED) is 0.589. The van der Waals surface area contributed by atoms with Crippen molar-refractivity contribution < 1.29 is 4.79 Å². The first-order valence-electron chi connectivity index (χ1n) is 5.42. The van der Waals surface area contributed by atoms with Crippen LogP contribution in [0.3, 0.4) is 0 Å². The van der Waals surface area contributed by atoms with Crippen LogP contribution in [-0.4, -0.2) is 55.9 Å². The van der Waals surface area contributed by atoms with Crippen LogP contribution in [0.2, 0.25) is 0 Å². The van der Waals surface area contributed by atoms with Crippen LogP contribution in [0.15, 0.2) is 0 Å². The van der Waals surface area contributed by atoms with Crippen LogP contribution in [0.5, 0.6) is 0 Å². The summed E-state index contributed by atoms with van der Waals surface area (Å²) in [7, 11) is 4.16.